The Morgan fingerprint density at radius 2 is 2.06 bits per heavy atom. The second-order valence-electron chi connectivity index (χ2n) is 4.57. The van der Waals surface area contributed by atoms with E-state index in [1.807, 2.05) is 33.8 Å². The molecule has 1 aromatic rings. The first kappa shape index (κ1) is 13.3. The minimum absolute atomic E-state index is 0.240. The van der Waals surface area contributed by atoms with E-state index in [9.17, 15) is 0 Å². The number of aromatic nitrogens is 1. The molecule has 0 aliphatic carbocycles. The lowest BCUT2D eigenvalue weighted by atomic mass is 10.2. The molecule has 0 aliphatic heterocycles. The van der Waals surface area contributed by atoms with E-state index >= 15 is 0 Å². The van der Waals surface area contributed by atoms with Gasteiger partial charge < -0.3 is 10.1 Å². The zero-order chi connectivity index (χ0) is 12.2. The van der Waals surface area contributed by atoms with Crippen molar-refractivity contribution in [3.63, 3.8) is 0 Å². The summed E-state index contributed by atoms with van der Waals surface area (Å²) in [5.41, 5.74) is 0.585. The molecule has 1 N–H and O–H groups in total. The zero-order valence-corrected chi connectivity index (χ0v) is 11.1. The van der Waals surface area contributed by atoms with Crippen molar-refractivity contribution < 1.29 is 4.74 Å². The highest BCUT2D eigenvalue weighted by Crippen LogP contribution is 2.21. The van der Waals surface area contributed by atoms with E-state index in [4.69, 9.17) is 16.3 Å². The maximum absolute atomic E-state index is 6.05. The molecule has 4 heteroatoms. The Morgan fingerprint density at radius 1 is 1.38 bits per heavy atom. The van der Waals surface area contributed by atoms with Crippen LogP contribution in [-0.4, -0.2) is 17.1 Å². The van der Waals surface area contributed by atoms with Gasteiger partial charge in [-0.2, -0.15) is 0 Å². The quantitative estimate of drug-likeness (QED) is 0.881. The summed E-state index contributed by atoms with van der Waals surface area (Å²) in [4.78, 5) is 4.38. The van der Waals surface area contributed by atoms with Gasteiger partial charge in [-0.15, -0.1) is 0 Å². The first-order chi connectivity index (χ1) is 7.42. The molecular weight excluding hydrogens is 224 g/mol. The van der Waals surface area contributed by atoms with Crippen LogP contribution in [0.4, 0.5) is 0 Å². The fourth-order valence-electron chi connectivity index (χ4n) is 1.20. The molecule has 0 saturated carbocycles. The first-order valence-corrected chi connectivity index (χ1v) is 5.85. The molecule has 0 saturated heterocycles. The van der Waals surface area contributed by atoms with E-state index in [1.165, 1.54) is 0 Å². The van der Waals surface area contributed by atoms with Crippen molar-refractivity contribution in [1.82, 2.24) is 10.3 Å². The van der Waals surface area contributed by atoms with E-state index in [0.717, 1.165) is 12.2 Å². The lowest BCUT2D eigenvalue weighted by molar-refractivity contribution is 0.124. The molecule has 90 valence electrons. The maximum Gasteiger partial charge on any atom is 0.214 e. The summed E-state index contributed by atoms with van der Waals surface area (Å²) in [5, 5.41) is 3.86. The molecule has 0 aromatic carbocycles. The van der Waals surface area contributed by atoms with E-state index < -0.39 is 0 Å². The van der Waals surface area contributed by atoms with Crippen molar-refractivity contribution >= 4 is 11.6 Å². The molecule has 1 rings (SSSR count). The van der Waals surface area contributed by atoms with Crippen LogP contribution < -0.4 is 10.1 Å². The maximum atomic E-state index is 6.05. The van der Waals surface area contributed by atoms with Crippen LogP contribution in [0.25, 0.3) is 0 Å². The summed E-state index contributed by atoms with van der Waals surface area (Å²) in [7, 11) is 0. The van der Waals surface area contributed by atoms with Crippen LogP contribution in [0.15, 0.2) is 12.1 Å². The standard InChI is InChI=1S/C12H19ClN2O/c1-5-14-8-10-9(13)6-7-11(15-10)16-12(2,3)4/h6-7,14H,5,8H2,1-4H3. The summed E-state index contributed by atoms with van der Waals surface area (Å²) in [6.45, 7) is 9.58. The van der Waals surface area contributed by atoms with E-state index in [2.05, 4.69) is 10.3 Å². The SMILES string of the molecule is CCNCc1nc(OC(C)(C)C)ccc1Cl. The van der Waals surface area contributed by atoms with Crippen LogP contribution in [0.1, 0.15) is 33.4 Å². The van der Waals surface area contributed by atoms with E-state index in [1.54, 1.807) is 6.07 Å². The molecule has 0 amide bonds. The van der Waals surface area contributed by atoms with Gasteiger partial charge in [-0.1, -0.05) is 18.5 Å². The molecule has 1 aromatic heterocycles. The number of nitrogens with zero attached hydrogens (tertiary/aromatic N) is 1. The number of pyridine rings is 1. The van der Waals surface area contributed by atoms with Crippen molar-refractivity contribution in [2.24, 2.45) is 0 Å². The smallest absolute Gasteiger partial charge is 0.214 e. The van der Waals surface area contributed by atoms with Gasteiger partial charge in [0, 0.05) is 12.6 Å². The normalized spacial score (nSPS) is 11.6. The van der Waals surface area contributed by atoms with Crippen LogP contribution >= 0.6 is 11.6 Å². The van der Waals surface area contributed by atoms with Crippen LogP contribution in [0.2, 0.25) is 5.02 Å². The fourth-order valence-corrected chi connectivity index (χ4v) is 1.37. The molecule has 1 heterocycles. The van der Waals surface area contributed by atoms with Gasteiger partial charge in [-0.05, 0) is 33.4 Å². The summed E-state index contributed by atoms with van der Waals surface area (Å²) in [5.74, 6) is 0.616. The molecular formula is C12H19ClN2O. The topological polar surface area (TPSA) is 34.2 Å². The Bertz CT molecular complexity index is 347. The van der Waals surface area contributed by atoms with Gasteiger partial charge in [-0.25, -0.2) is 4.98 Å². The summed E-state index contributed by atoms with van der Waals surface area (Å²) >= 11 is 6.05. The Kier molecular flexibility index (Phi) is 4.56. The van der Waals surface area contributed by atoms with Gasteiger partial charge in [0.15, 0.2) is 0 Å². The lowest BCUT2D eigenvalue weighted by Gasteiger charge is -2.20. The predicted octanol–water partition coefficient (Wildman–Crippen LogP) is 3.02. The highest BCUT2D eigenvalue weighted by molar-refractivity contribution is 6.31. The van der Waals surface area contributed by atoms with Crippen LogP contribution in [-0.2, 0) is 6.54 Å². The average molecular weight is 243 g/mol. The summed E-state index contributed by atoms with van der Waals surface area (Å²) in [6, 6.07) is 3.62. The minimum atomic E-state index is -0.240. The van der Waals surface area contributed by atoms with Crippen LogP contribution in [0.3, 0.4) is 0 Å². The molecule has 3 nitrogen and oxygen atoms in total. The molecule has 16 heavy (non-hydrogen) atoms. The molecule has 0 radical (unpaired) electrons. The van der Waals surface area contributed by atoms with Gasteiger partial charge in [0.25, 0.3) is 0 Å². The van der Waals surface area contributed by atoms with Crippen molar-refractivity contribution in [3.05, 3.63) is 22.8 Å². The van der Waals surface area contributed by atoms with Crippen molar-refractivity contribution in [1.29, 1.82) is 0 Å². The van der Waals surface area contributed by atoms with Crippen molar-refractivity contribution in [3.8, 4) is 5.88 Å². The third-order valence-electron chi connectivity index (χ3n) is 1.85. The molecule has 0 aliphatic rings. The predicted molar refractivity (Wildman–Crippen MR) is 67.0 cm³/mol. The molecule has 0 atom stereocenters. The Morgan fingerprint density at radius 3 is 2.62 bits per heavy atom. The monoisotopic (exact) mass is 242 g/mol. The summed E-state index contributed by atoms with van der Waals surface area (Å²) in [6.07, 6.45) is 0. The molecule has 0 fully saturated rings. The van der Waals surface area contributed by atoms with Gasteiger partial charge in [0.05, 0.1) is 10.7 Å². The highest BCUT2D eigenvalue weighted by atomic mass is 35.5. The fraction of sp³-hybridized carbons (Fsp3) is 0.583. The van der Waals surface area contributed by atoms with Gasteiger partial charge in [0.2, 0.25) is 5.88 Å². The second-order valence-corrected chi connectivity index (χ2v) is 4.98. The molecule has 0 unspecified atom stereocenters. The first-order valence-electron chi connectivity index (χ1n) is 5.47. The molecule has 0 spiro atoms. The Balaban J connectivity index is 2.81. The average Bonchev–Trinajstić information content (AvgIpc) is 2.17. The highest BCUT2D eigenvalue weighted by Gasteiger charge is 2.13. The third-order valence-corrected chi connectivity index (χ3v) is 2.19. The van der Waals surface area contributed by atoms with Crippen molar-refractivity contribution in [2.45, 2.75) is 39.8 Å². The van der Waals surface area contributed by atoms with E-state index in [0.29, 0.717) is 17.4 Å². The van der Waals surface area contributed by atoms with Gasteiger partial charge in [0.1, 0.15) is 5.60 Å². The van der Waals surface area contributed by atoms with Gasteiger partial charge >= 0.3 is 0 Å². The largest absolute Gasteiger partial charge is 0.472 e. The van der Waals surface area contributed by atoms with Crippen molar-refractivity contribution in [2.75, 3.05) is 6.54 Å². The number of ether oxygens (including phenoxy) is 1. The lowest BCUT2D eigenvalue weighted by Crippen LogP contribution is -2.24. The number of rotatable bonds is 4. The number of halogens is 1. The van der Waals surface area contributed by atoms with E-state index in [-0.39, 0.29) is 5.60 Å². The Labute approximate surface area is 102 Å². The van der Waals surface area contributed by atoms with Crippen LogP contribution in [0.5, 0.6) is 5.88 Å². The summed E-state index contributed by atoms with van der Waals surface area (Å²) < 4.78 is 5.68. The Hall–Kier alpha value is -0.800. The number of nitrogens with one attached hydrogen (secondary N) is 1. The zero-order valence-electron chi connectivity index (χ0n) is 10.3. The van der Waals surface area contributed by atoms with Gasteiger partial charge in [-0.3, -0.25) is 0 Å². The second kappa shape index (κ2) is 5.51. The number of hydrogen-bond acceptors (Lipinski definition) is 3. The molecule has 0 bridgehead atoms. The third kappa shape index (κ3) is 4.37. The number of hydrogen-bond donors (Lipinski definition) is 1. The minimum Gasteiger partial charge on any atom is -0.472 e. The van der Waals surface area contributed by atoms with Crippen LogP contribution in [0, 0.1) is 0 Å².